The number of thiophene rings is 1. The maximum atomic E-state index is 12.7. The van der Waals surface area contributed by atoms with Crippen LogP contribution in [0.3, 0.4) is 0 Å². The second kappa shape index (κ2) is 7.66. The Bertz CT molecular complexity index is 859. The monoisotopic (exact) mass is 364 g/mol. The van der Waals surface area contributed by atoms with E-state index in [0.717, 1.165) is 47.8 Å². The van der Waals surface area contributed by atoms with Crippen LogP contribution in [0.5, 0.6) is 0 Å². The lowest BCUT2D eigenvalue weighted by Gasteiger charge is -2.31. The molecule has 2 amide bonds. The zero-order valence-electron chi connectivity index (χ0n) is 14.3. The van der Waals surface area contributed by atoms with Crippen LogP contribution in [-0.2, 0) is 0 Å². The average Bonchev–Trinajstić information content (AvgIpc) is 3.24. The van der Waals surface area contributed by atoms with Gasteiger partial charge in [0.2, 0.25) is 0 Å². The lowest BCUT2D eigenvalue weighted by molar-refractivity contribution is 0.194. The molecule has 2 aromatic heterocycles. The Labute approximate surface area is 156 Å². The van der Waals surface area contributed by atoms with Gasteiger partial charge in [0.15, 0.2) is 0 Å². The van der Waals surface area contributed by atoms with Gasteiger partial charge in [-0.1, -0.05) is 24.3 Å². The molecule has 0 bridgehead atoms. The molecule has 1 aliphatic heterocycles. The molecule has 0 unspecified atom stereocenters. The summed E-state index contributed by atoms with van der Waals surface area (Å²) in [6.07, 6.45) is 5.23. The minimum atomic E-state index is -0.0323. The van der Waals surface area contributed by atoms with Gasteiger partial charge >= 0.3 is 6.03 Å². The van der Waals surface area contributed by atoms with Crippen molar-refractivity contribution in [2.75, 3.05) is 18.4 Å². The quantitative estimate of drug-likeness (QED) is 0.738. The van der Waals surface area contributed by atoms with Crippen molar-refractivity contribution in [1.29, 1.82) is 0 Å². The van der Waals surface area contributed by atoms with Crippen LogP contribution < -0.4 is 5.32 Å². The predicted octanol–water partition coefficient (Wildman–Crippen LogP) is 4.62. The van der Waals surface area contributed by atoms with Crippen LogP contribution in [0.2, 0.25) is 0 Å². The molecule has 1 saturated heterocycles. The third kappa shape index (κ3) is 3.60. The molecule has 26 heavy (non-hydrogen) atoms. The third-order valence-corrected chi connectivity index (χ3v) is 5.66. The van der Waals surface area contributed by atoms with E-state index in [1.165, 1.54) is 0 Å². The standard InChI is InChI=1S/C20H20N4OS/c25-20(23-18-5-2-1-4-16(18)19-6-3-13-26-19)24-11-8-15(9-12-24)17-7-10-21-14-22-17/h1-7,10,13-15H,8-9,11-12H2,(H,23,25). The molecule has 0 aliphatic carbocycles. The lowest BCUT2D eigenvalue weighted by atomic mass is 9.93. The summed E-state index contributed by atoms with van der Waals surface area (Å²) in [5, 5.41) is 5.14. The van der Waals surface area contributed by atoms with Crippen LogP contribution in [0.4, 0.5) is 10.5 Å². The van der Waals surface area contributed by atoms with E-state index in [1.54, 1.807) is 23.9 Å². The number of carbonyl (C=O) groups is 1. The zero-order valence-corrected chi connectivity index (χ0v) is 15.2. The fraction of sp³-hybridized carbons (Fsp3) is 0.250. The van der Waals surface area contributed by atoms with Crippen LogP contribution in [0, 0.1) is 0 Å². The van der Waals surface area contributed by atoms with Crippen molar-refractivity contribution in [2.24, 2.45) is 0 Å². The van der Waals surface area contributed by atoms with Crippen molar-refractivity contribution >= 4 is 23.1 Å². The van der Waals surface area contributed by atoms with Crippen molar-refractivity contribution in [2.45, 2.75) is 18.8 Å². The number of amides is 2. The van der Waals surface area contributed by atoms with Gasteiger partial charge in [0.1, 0.15) is 6.33 Å². The van der Waals surface area contributed by atoms with Gasteiger partial charge in [-0.25, -0.2) is 14.8 Å². The van der Waals surface area contributed by atoms with Gasteiger partial charge in [-0.15, -0.1) is 11.3 Å². The Hall–Kier alpha value is -2.73. The van der Waals surface area contributed by atoms with Crippen molar-refractivity contribution in [1.82, 2.24) is 14.9 Å². The first-order chi connectivity index (χ1) is 12.8. The zero-order chi connectivity index (χ0) is 17.8. The summed E-state index contributed by atoms with van der Waals surface area (Å²) in [5.41, 5.74) is 2.99. The number of rotatable bonds is 3. The van der Waals surface area contributed by atoms with Gasteiger partial charge < -0.3 is 10.2 Å². The first-order valence-corrected chi connectivity index (χ1v) is 9.64. The predicted molar refractivity (Wildman–Crippen MR) is 104 cm³/mol. The molecule has 1 aromatic carbocycles. The number of para-hydroxylation sites is 1. The van der Waals surface area contributed by atoms with Crippen molar-refractivity contribution < 1.29 is 4.79 Å². The molecule has 0 saturated carbocycles. The molecule has 132 valence electrons. The number of hydrogen-bond donors (Lipinski definition) is 1. The van der Waals surface area contributed by atoms with E-state index in [0.29, 0.717) is 5.92 Å². The highest BCUT2D eigenvalue weighted by Crippen LogP contribution is 2.32. The molecule has 0 atom stereocenters. The molecule has 1 N–H and O–H groups in total. The molecule has 3 heterocycles. The Balaban J connectivity index is 1.41. The number of nitrogens with zero attached hydrogens (tertiary/aromatic N) is 3. The van der Waals surface area contributed by atoms with E-state index in [9.17, 15) is 4.79 Å². The molecular weight excluding hydrogens is 344 g/mol. The number of likely N-dealkylation sites (tertiary alicyclic amines) is 1. The molecule has 0 spiro atoms. The number of anilines is 1. The first kappa shape index (κ1) is 16.7. The summed E-state index contributed by atoms with van der Waals surface area (Å²) < 4.78 is 0. The van der Waals surface area contributed by atoms with Gasteiger partial charge in [0.25, 0.3) is 0 Å². The maximum absolute atomic E-state index is 12.7. The Kier molecular flexibility index (Phi) is 4.93. The number of aromatic nitrogens is 2. The summed E-state index contributed by atoms with van der Waals surface area (Å²) in [5.74, 6) is 0.403. The lowest BCUT2D eigenvalue weighted by Crippen LogP contribution is -2.40. The third-order valence-electron chi connectivity index (χ3n) is 4.76. The van der Waals surface area contributed by atoms with E-state index in [1.807, 2.05) is 46.7 Å². The van der Waals surface area contributed by atoms with Crippen LogP contribution in [0.15, 0.2) is 60.4 Å². The van der Waals surface area contributed by atoms with Crippen LogP contribution >= 0.6 is 11.3 Å². The van der Waals surface area contributed by atoms with E-state index < -0.39 is 0 Å². The van der Waals surface area contributed by atoms with E-state index in [4.69, 9.17) is 0 Å². The van der Waals surface area contributed by atoms with Gasteiger partial charge in [-0.05, 0) is 36.4 Å². The Morgan fingerprint density at radius 3 is 2.69 bits per heavy atom. The fourth-order valence-electron chi connectivity index (χ4n) is 3.35. The summed E-state index contributed by atoms with van der Waals surface area (Å²) >= 11 is 1.67. The number of piperidine rings is 1. The summed E-state index contributed by atoms with van der Waals surface area (Å²) in [6, 6.07) is 14.0. The molecule has 1 fully saturated rings. The second-order valence-corrected chi connectivity index (χ2v) is 7.30. The summed E-state index contributed by atoms with van der Waals surface area (Å²) in [7, 11) is 0. The Morgan fingerprint density at radius 2 is 1.96 bits per heavy atom. The van der Waals surface area contributed by atoms with Gasteiger partial charge in [-0.3, -0.25) is 0 Å². The van der Waals surface area contributed by atoms with Crippen LogP contribution in [0.1, 0.15) is 24.5 Å². The van der Waals surface area contributed by atoms with Crippen LogP contribution in [-0.4, -0.2) is 34.0 Å². The average molecular weight is 364 g/mol. The largest absolute Gasteiger partial charge is 0.324 e. The number of hydrogen-bond acceptors (Lipinski definition) is 4. The number of nitrogens with one attached hydrogen (secondary N) is 1. The number of urea groups is 1. The minimum Gasteiger partial charge on any atom is -0.324 e. The van der Waals surface area contributed by atoms with Crippen molar-refractivity contribution in [3.63, 3.8) is 0 Å². The highest BCUT2D eigenvalue weighted by Gasteiger charge is 2.25. The van der Waals surface area contributed by atoms with E-state index >= 15 is 0 Å². The molecular formula is C20H20N4OS. The summed E-state index contributed by atoms with van der Waals surface area (Å²) in [6.45, 7) is 1.48. The molecule has 6 heteroatoms. The Morgan fingerprint density at radius 1 is 1.12 bits per heavy atom. The van der Waals surface area contributed by atoms with Gasteiger partial charge in [0.05, 0.1) is 5.69 Å². The second-order valence-electron chi connectivity index (χ2n) is 6.35. The molecule has 1 aliphatic rings. The SMILES string of the molecule is O=C(Nc1ccccc1-c1cccs1)N1CCC(c2ccncn2)CC1. The van der Waals surface area contributed by atoms with Gasteiger partial charge in [0, 0.05) is 41.3 Å². The van der Waals surface area contributed by atoms with Crippen LogP contribution in [0.25, 0.3) is 10.4 Å². The topological polar surface area (TPSA) is 58.1 Å². The molecule has 0 radical (unpaired) electrons. The maximum Gasteiger partial charge on any atom is 0.321 e. The van der Waals surface area contributed by atoms with E-state index in [-0.39, 0.29) is 6.03 Å². The number of carbonyl (C=O) groups excluding carboxylic acids is 1. The summed E-state index contributed by atoms with van der Waals surface area (Å²) in [4.78, 5) is 24.1. The normalized spacial score (nSPS) is 15.0. The van der Waals surface area contributed by atoms with Gasteiger partial charge in [-0.2, -0.15) is 0 Å². The first-order valence-electron chi connectivity index (χ1n) is 8.76. The molecule has 5 nitrogen and oxygen atoms in total. The van der Waals surface area contributed by atoms with E-state index in [2.05, 4.69) is 21.4 Å². The van der Waals surface area contributed by atoms with Crippen molar-refractivity contribution in [3.8, 4) is 10.4 Å². The molecule has 4 rings (SSSR count). The molecule has 3 aromatic rings. The fourth-order valence-corrected chi connectivity index (χ4v) is 4.12. The number of benzene rings is 1. The minimum absolute atomic E-state index is 0.0323. The van der Waals surface area contributed by atoms with Crippen molar-refractivity contribution in [3.05, 3.63) is 66.1 Å². The highest BCUT2D eigenvalue weighted by atomic mass is 32.1. The smallest absolute Gasteiger partial charge is 0.321 e. The highest BCUT2D eigenvalue weighted by molar-refractivity contribution is 7.13.